The van der Waals surface area contributed by atoms with Crippen molar-refractivity contribution in [3.8, 4) is 0 Å². The number of unbranched alkanes of at least 4 members (excludes halogenated alkanes) is 17. The van der Waals surface area contributed by atoms with Gasteiger partial charge in [-0.3, -0.25) is 18.6 Å². The molecule has 0 amide bonds. The zero-order chi connectivity index (χ0) is 34.0. The molecule has 0 aliphatic heterocycles. The summed E-state index contributed by atoms with van der Waals surface area (Å²) in [6.07, 6.45) is 32.1. The first-order valence-electron chi connectivity index (χ1n) is 18.3. The zero-order valence-electron chi connectivity index (χ0n) is 29.3. The van der Waals surface area contributed by atoms with Crippen LogP contribution in [0.4, 0.5) is 0 Å². The van der Waals surface area contributed by atoms with Crippen molar-refractivity contribution >= 4 is 19.8 Å². The molecule has 0 aliphatic carbocycles. The highest BCUT2D eigenvalue weighted by atomic mass is 31.2. The lowest BCUT2D eigenvalue weighted by molar-refractivity contribution is -0.161. The maximum atomic E-state index is 12.5. The number of phosphoric ester groups is 1. The Kier molecular flexibility index (Phi) is 32.3. The molecule has 0 aromatic carbocycles. The summed E-state index contributed by atoms with van der Waals surface area (Å²) in [5.41, 5.74) is 5.32. The lowest BCUT2D eigenvalue weighted by Gasteiger charge is -2.19. The van der Waals surface area contributed by atoms with E-state index in [2.05, 4.69) is 38.2 Å². The summed E-state index contributed by atoms with van der Waals surface area (Å²) < 4.78 is 32.5. The Morgan fingerprint density at radius 3 is 1.70 bits per heavy atom. The molecule has 2 atom stereocenters. The van der Waals surface area contributed by atoms with E-state index in [4.69, 9.17) is 24.3 Å². The average Bonchev–Trinajstić information content (AvgIpc) is 3.04. The number of hydrogen-bond donors (Lipinski definition) is 2. The molecule has 0 aliphatic rings. The number of carbonyl (C=O) groups excluding carboxylic acids is 2. The Hall–Kier alpha value is -1.51. The molecule has 0 spiro atoms. The van der Waals surface area contributed by atoms with E-state index in [0.717, 1.165) is 64.2 Å². The Balaban J connectivity index is 4.24. The summed E-state index contributed by atoms with van der Waals surface area (Å²) in [6.45, 7) is 3.66. The quantitative estimate of drug-likeness (QED) is 0.0296. The highest BCUT2D eigenvalue weighted by molar-refractivity contribution is 7.47. The standard InChI is InChI=1S/C36H68NO8P/c1-3-5-7-9-11-13-15-16-17-18-19-21-22-24-26-28-35(38)42-32-34(33-44-46(40,41)43-31-30-37)45-36(39)29-27-25-23-20-14-12-10-8-6-4-2/h11,13,16-17,34H,3-10,12,14-15,18-33,37H2,1-2H3,(H,40,41)/b13-11+,17-16+/t34-/m0/s1. The van der Waals surface area contributed by atoms with E-state index in [1.54, 1.807) is 0 Å². The summed E-state index contributed by atoms with van der Waals surface area (Å²) in [4.78, 5) is 34.6. The molecule has 0 saturated heterocycles. The van der Waals surface area contributed by atoms with Crippen LogP contribution in [-0.4, -0.2) is 49.3 Å². The van der Waals surface area contributed by atoms with Crippen LogP contribution < -0.4 is 5.73 Å². The number of nitrogens with two attached hydrogens (primary N) is 1. The Labute approximate surface area is 281 Å². The number of hydrogen-bond acceptors (Lipinski definition) is 8. The lowest BCUT2D eigenvalue weighted by atomic mass is 10.1. The van der Waals surface area contributed by atoms with Crippen LogP contribution in [0.1, 0.15) is 162 Å². The summed E-state index contributed by atoms with van der Waals surface area (Å²) in [5, 5.41) is 0. The molecule has 1 unspecified atom stereocenters. The third kappa shape index (κ3) is 32.4. The van der Waals surface area contributed by atoms with E-state index >= 15 is 0 Å². The normalized spacial score (nSPS) is 13.7. The fourth-order valence-corrected chi connectivity index (χ4v) is 5.60. The third-order valence-corrected chi connectivity index (χ3v) is 8.57. The molecule has 0 radical (unpaired) electrons. The maximum absolute atomic E-state index is 12.5. The monoisotopic (exact) mass is 673 g/mol. The fraction of sp³-hybridized carbons (Fsp3) is 0.833. The van der Waals surface area contributed by atoms with Gasteiger partial charge in [0.05, 0.1) is 13.2 Å². The van der Waals surface area contributed by atoms with Gasteiger partial charge >= 0.3 is 19.8 Å². The van der Waals surface area contributed by atoms with Crippen LogP contribution in [0.3, 0.4) is 0 Å². The van der Waals surface area contributed by atoms with Gasteiger partial charge in [0, 0.05) is 19.4 Å². The minimum absolute atomic E-state index is 0.0525. The number of allylic oxidation sites excluding steroid dienone is 4. The van der Waals surface area contributed by atoms with E-state index in [-0.39, 0.29) is 32.6 Å². The van der Waals surface area contributed by atoms with Crippen LogP contribution in [0, 0.1) is 0 Å². The first-order valence-corrected chi connectivity index (χ1v) is 19.8. The molecule has 46 heavy (non-hydrogen) atoms. The van der Waals surface area contributed by atoms with Crippen molar-refractivity contribution in [1.82, 2.24) is 0 Å². The van der Waals surface area contributed by atoms with E-state index < -0.39 is 32.5 Å². The van der Waals surface area contributed by atoms with Gasteiger partial charge in [-0.25, -0.2) is 4.57 Å². The molecule has 0 heterocycles. The van der Waals surface area contributed by atoms with E-state index in [0.29, 0.717) is 6.42 Å². The minimum Gasteiger partial charge on any atom is -0.462 e. The van der Waals surface area contributed by atoms with Crippen LogP contribution in [0.5, 0.6) is 0 Å². The molecule has 0 aromatic rings. The SMILES string of the molecule is CCCCC/C=C/C/C=C/CCCCCCCC(=O)OC[C@@H](COP(=O)(O)OCCN)OC(=O)CCCCCCCCCCCC. The van der Waals surface area contributed by atoms with Crippen molar-refractivity contribution in [1.29, 1.82) is 0 Å². The van der Waals surface area contributed by atoms with Crippen LogP contribution in [0.15, 0.2) is 24.3 Å². The Bertz CT molecular complexity index is 820. The molecule has 0 rings (SSSR count). The molecule has 9 nitrogen and oxygen atoms in total. The van der Waals surface area contributed by atoms with Crippen molar-refractivity contribution in [2.45, 2.75) is 168 Å². The van der Waals surface area contributed by atoms with Crippen LogP contribution >= 0.6 is 7.82 Å². The predicted octanol–water partition coefficient (Wildman–Crippen LogP) is 9.66. The van der Waals surface area contributed by atoms with Crippen molar-refractivity contribution < 1.29 is 37.6 Å². The first-order chi connectivity index (χ1) is 22.3. The van der Waals surface area contributed by atoms with Crippen molar-refractivity contribution in [3.63, 3.8) is 0 Å². The molecule has 270 valence electrons. The van der Waals surface area contributed by atoms with E-state index in [1.165, 1.54) is 64.2 Å². The summed E-state index contributed by atoms with van der Waals surface area (Å²) in [6, 6.07) is 0. The molecular formula is C36H68NO8P. The van der Waals surface area contributed by atoms with Gasteiger partial charge < -0.3 is 20.1 Å². The van der Waals surface area contributed by atoms with Gasteiger partial charge in [0.1, 0.15) is 6.61 Å². The van der Waals surface area contributed by atoms with Crippen molar-refractivity contribution in [2.75, 3.05) is 26.4 Å². The Morgan fingerprint density at radius 1 is 0.652 bits per heavy atom. The smallest absolute Gasteiger partial charge is 0.462 e. The van der Waals surface area contributed by atoms with Gasteiger partial charge in [0.2, 0.25) is 0 Å². The Morgan fingerprint density at radius 2 is 1.13 bits per heavy atom. The molecule has 0 bridgehead atoms. The van der Waals surface area contributed by atoms with Crippen LogP contribution in [-0.2, 0) is 32.7 Å². The largest absolute Gasteiger partial charge is 0.472 e. The second-order valence-electron chi connectivity index (χ2n) is 12.1. The number of rotatable bonds is 34. The number of ether oxygens (including phenoxy) is 2. The van der Waals surface area contributed by atoms with E-state index in [1.807, 2.05) is 0 Å². The third-order valence-electron chi connectivity index (χ3n) is 7.59. The van der Waals surface area contributed by atoms with Gasteiger partial charge in [-0.05, 0) is 44.9 Å². The number of carbonyl (C=O) groups is 2. The zero-order valence-corrected chi connectivity index (χ0v) is 30.2. The van der Waals surface area contributed by atoms with E-state index in [9.17, 15) is 19.0 Å². The molecule has 10 heteroatoms. The minimum atomic E-state index is -4.37. The van der Waals surface area contributed by atoms with Gasteiger partial charge in [-0.1, -0.05) is 128 Å². The number of esters is 2. The van der Waals surface area contributed by atoms with Crippen molar-refractivity contribution in [3.05, 3.63) is 24.3 Å². The maximum Gasteiger partial charge on any atom is 0.472 e. The summed E-state index contributed by atoms with van der Waals surface area (Å²) in [5.74, 6) is -0.846. The first kappa shape index (κ1) is 44.5. The molecule has 0 saturated carbocycles. The molecular weight excluding hydrogens is 605 g/mol. The van der Waals surface area contributed by atoms with Gasteiger partial charge in [-0.15, -0.1) is 0 Å². The summed E-state index contributed by atoms with van der Waals surface area (Å²) >= 11 is 0. The fourth-order valence-electron chi connectivity index (χ4n) is 4.84. The van der Waals surface area contributed by atoms with Crippen molar-refractivity contribution in [2.24, 2.45) is 5.73 Å². The van der Waals surface area contributed by atoms with Gasteiger partial charge in [0.15, 0.2) is 6.10 Å². The highest BCUT2D eigenvalue weighted by Crippen LogP contribution is 2.43. The number of phosphoric acid groups is 1. The second-order valence-corrected chi connectivity index (χ2v) is 13.5. The molecule has 0 aromatic heterocycles. The topological polar surface area (TPSA) is 134 Å². The molecule has 0 fully saturated rings. The second kappa shape index (κ2) is 33.4. The van der Waals surface area contributed by atoms with Crippen LogP contribution in [0.2, 0.25) is 0 Å². The molecule has 3 N–H and O–H groups in total. The lowest BCUT2D eigenvalue weighted by Crippen LogP contribution is -2.29. The average molecular weight is 674 g/mol. The highest BCUT2D eigenvalue weighted by Gasteiger charge is 2.25. The van der Waals surface area contributed by atoms with Gasteiger partial charge in [-0.2, -0.15) is 0 Å². The van der Waals surface area contributed by atoms with Crippen LogP contribution in [0.25, 0.3) is 0 Å². The predicted molar refractivity (Wildman–Crippen MR) is 187 cm³/mol. The van der Waals surface area contributed by atoms with Gasteiger partial charge in [0.25, 0.3) is 0 Å². The summed E-state index contributed by atoms with van der Waals surface area (Å²) in [7, 11) is -4.37.